The minimum atomic E-state index is -0.823. The summed E-state index contributed by atoms with van der Waals surface area (Å²) >= 11 is 1.40. The van der Waals surface area contributed by atoms with Gasteiger partial charge in [-0.2, -0.15) is 0 Å². The maximum atomic E-state index is 12.9. The summed E-state index contributed by atoms with van der Waals surface area (Å²) in [7, 11) is 1.29. The lowest BCUT2D eigenvalue weighted by Crippen LogP contribution is -2.51. The Morgan fingerprint density at radius 1 is 1.10 bits per heavy atom. The van der Waals surface area contributed by atoms with Gasteiger partial charge in [0.25, 0.3) is 0 Å². The van der Waals surface area contributed by atoms with E-state index in [1.165, 1.54) is 18.4 Å². The third-order valence-corrected chi connectivity index (χ3v) is 5.24. The first-order valence-electron chi connectivity index (χ1n) is 9.41. The number of para-hydroxylation sites is 1. The Balaban J connectivity index is 2.22. The molecule has 2 aromatic rings. The van der Waals surface area contributed by atoms with E-state index in [-0.39, 0.29) is 18.4 Å². The van der Waals surface area contributed by atoms with Gasteiger partial charge < -0.3 is 20.1 Å². The van der Waals surface area contributed by atoms with Crippen LogP contribution in [0.5, 0.6) is 0 Å². The normalized spacial score (nSPS) is 13.2. The highest BCUT2D eigenvalue weighted by atomic mass is 32.1. The fourth-order valence-electron chi connectivity index (χ4n) is 2.66. The van der Waals surface area contributed by atoms with Crippen LogP contribution in [-0.2, 0) is 19.1 Å². The largest absolute Gasteiger partial charge is 0.469 e. The van der Waals surface area contributed by atoms with Crippen LogP contribution < -0.4 is 10.6 Å². The quantitative estimate of drug-likeness (QED) is 0.634. The molecule has 2 rings (SSSR count). The number of ether oxygens (including phenoxy) is 2. The van der Waals surface area contributed by atoms with Gasteiger partial charge in [0.2, 0.25) is 5.91 Å². The van der Waals surface area contributed by atoms with E-state index in [9.17, 15) is 14.4 Å². The molecule has 0 saturated heterocycles. The molecular weight excluding hydrogens is 394 g/mol. The monoisotopic (exact) mass is 421 g/mol. The molecule has 1 heterocycles. The van der Waals surface area contributed by atoms with Crippen LogP contribution in [0.4, 0.5) is 4.79 Å². The maximum absolute atomic E-state index is 12.9. The van der Waals surface area contributed by atoms with Crippen LogP contribution in [0.25, 0.3) is 10.2 Å². The summed E-state index contributed by atoms with van der Waals surface area (Å²) in [6, 6.07) is 6.07. The Labute approximate surface area is 174 Å². The van der Waals surface area contributed by atoms with Crippen molar-refractivity contribution in [3.8, 4) is 0 Å². The van der Waals surface area contributed by atoms with Crippen LogP contribution in [0, 0.1) is 5.92 Å². The fourth-order valence-corrected chi connectivity index (χ4v) is 3.68. The lowest BCUT2D eigenvalue weighted by atomic mass is 10.0. The van der Waals surface area contributed by atoms with Crippen LogP contribution in [-0.4, -0.2) is 42.2 Å². The molecule has 0 fully saturated rings. The Kier molecular flexibility index (Phi) is 7.95. The second-order valence-electron chi connectivity index (χ2n) is 7.18. The average Bonchev–Trinajstić information content (AvgIpc) is 3.08. The Morgan fingerprint density at radius 3 is 2.38 bits per heavy atom. The summed E-state index contributed by atoms with van der Waals surface area (Å²) in [5, 5.41) is 6.02. The second-order valence-corrected chi connectivity index (χ2v) is 8.24. The van der Waals surface area contributed by atoms with Gasteiger partial charge in [0.15, 0.2) is 0 Å². The van der Waals surface area contributed by atoms with E-state index in [4.69, 9.17) is 9.47 Å². The average molecular weight is 422 g/mol. The number of nitrogens with one attached hydrogen (secondary N) is 2. The molecule has 0 aliphatic carbocycles. The number of thiazole rings is 1. The van der Waals surface area contributed by atoms with E-state index in [2.05, 4.69) is 15.6 Å². The molecule has 0 spiro atoms. The number of amides is 2. The molecule has 0 aliphatic rings. The molecule has 1 aromatic carbocycles. The van der Waals surface area contributed by atoms with Gasteiger partial charge >= 0.3 is 12.1 Å². The highest BCUT2D eigenvalue weighted by molar-refractivity contribution is 7.18. The molecule has 0 saturated carbocycles. The van der Waals surface area contributed by atoms with Gasteiger partial charge in [0.1, 0.15) is 11.0 Å². The van der Waals surface area contributed by atoms with E-state index in [1.807, 2.05) is 38.1 Å². The van der Waals surface area contributed by atoms with Gasteiger partial charge in [-0.1, -0.05) is 26.0 Å². The molecule has 0 radical (unpaired) electrons. The fraction of sp³-hybridized carbons (Fsp3) is 0.500. The molecule has 29 heavy (non-hydrogen) atoms. The van der Waals surface area contributed by atoms with Gasteiger partial charge in [0.05, 0.1) is 35.9 Å². The van der Waals surface area contributed by atoms with Crippen molar-refractivity contribution in [2.45, 2.75) is 52.3 Å². The summed E-state index contributed by atoms with van der Waals surface area (Å²) in [6.07, 6.45) is -1.04. The molecule has 1 aromatic heterocycles. The number of aromatic nitrogens is 1. The SMILES string of the molecule is COC(=O)CC(NC(=O)[C@@H](NC(=O)OC(C)C)C(C)C)c1nc2ccccc2s1. The number of hydrogen-bond donors (Lipinski definition) is 2. The van der Waals surface area contributed by atoms with Crippen molar-refractivity contribution in [2.75, 3.05) is 7.11 Å². The molecule has 0 bridgehead atoms. The minimum absolute atomic E-state index is 0.0662. The summed E-state index contributed by atoms with van der Waals surface area (Å²) in [5.41, 5.74) is 0.788. The highest BCUT2D eigenvalue weighted by Gasteiger charge is 2.29. The van der Waals surface area contributed by atoms with Crippen LogP contribution in [0.3, 0.4) is 0 Å². The standard InChI is InChI=1S/C20H27N3O5S/c1-11(2)17(23-20(26)28-12(3)4)18(25)21-14(10-16(24)27-5)19-22-13-8-6-7-9-15(13)29-19/h6-9,11-12,14,17H,10H2,1-5H3,(H,21,25)(H,23,26)/t14?,17-/m0/s1. The van der Waals surface area contributed by atoms with Gasteiger partial charge in [-0.3, -0.25) is 9.59 Å². The number of rotatable bonds is 8. The number of hydrogen-bond acceptors (Lipinski definition) is 7. The number of alkyl carbamates (subject to hydrolysis) is 1. The lowest BCUT2D eigenvalue weighted by molar-refractivity contribution is -0.141. The zero-order valence-electron chi connectivity index (χ0n) is 17.2. The number of carbonyl (C=O) groups excluding carboxylic acids is 3. The van der Waals surface area contributed by atoms with Crippen LogP contribution >= 0.6 is 11.3 Å². The molecule has 8 nitrogen and oxygen atoms in total. The number of carbonyl (C=O) groups is 3. The van der Waals surface area contributed by atoms with Crippen molar-refractivity contribution < 1.29 is 23.9 Å². The first-order chi connectivity index (χ1) is 13.7. The van der Waals surface area contributed by atoms with E-state index < -0.39 is 30.1 Å². The van der Waals surface area contributed by atoms with Gasteiger partial charge in [-0.05, 0) is 31.9 Å². The van der Waals surface area contributed by atoms with Crippen LogP contribution in [0.1, 0.15) is 45.2 Å². The molecule has 1 unspecified atom stereocenters. The van der Waals surface area contributed by atoms with Crippen molar-refractivity contribution in [1.82, 2.24) is 15.6 Å². The first-order valence-corrected chi connectivity index (χ1v) is 10.2. The number of nitrogens with zero attached hydrogens (tertiary/aromatic N) is 1. The predicted octanol–water partition coefficient (Wildman–Crippen LogP) is 3.18. The number of esters is 1. The summed E-state index contributed by atoms with van der Waals surface area (Å²) in [4.78, 5) is 41.3. The van der Waals surface area contributed by atoms with Crippen molar-refractivity contribution in [2.24, 2.45) is 5.92 Å². The summed E-state index contributed by atoms with van der Waals surface area (Å²) in [5.74, 6) is -1.08. The molecular formula is C20H27N3O5S. The number of benzene rings is 1. The topological polar surface area (TPSA) is 107 Å². The zero-order chi connectivity index (χ0) is 21.6. The number of fused-ring (bicyclic) bond motifs is 1. The van der Waals surface area contributed by atoms with E-state index in [1.54, 1.807) is 13.8 Å². The van der Waals surface area contributed by atoms with Gasteiger partial charge in [0, 0.05) is 0 Å². The van der Waals surface area contributed by atoms with Gasteiger partial charge in [-0.15, -0.1) is 11.3 Å². The molecule has 158 valence electrons. The van der Waals surface area contributed by atoms with Crippen molar-refractivity contribution in [1.29, 1.82) is 0 Å². The number of methoxy groups -OCH3 is 1. The van der Waals surface area contributed by atoms with Crippen molar-refractivity contribution >= 4 is 39.5 Å². The second kappa shape index (κ2) is 10.2. The Bertz CT molecular complexity index is 832. The van der Waals surface area contributed by atoms with E-state index in [0.29, 0.717) is 5.01 Å². The molecule has 2 N–H and O–H groups in total. The molecule has 0 aliphatic heterocycles. The Morgan fingerprint density at radius 2 is 1.79 bits per heavy atom. The first kappa shape index (κ1) is 22.6. The summed E-state index contributed by atoms with van der Waals surface area (Å²) in [6.45, 7) is 7.08. The maximum Gasteiger partial charge on any atom is 0.408 e. The smallest absolute Gasteiger partial charge is 0.408 e. The third kappa shape index (κ3) is 6.42. The lowest BCUT2D eigenvalue weighted by Gasteiger charge is -2.24. The molecule has 2 amide bonds. The highest BCUT2D eigenvalue weighted by Crippen LogP contribution is 2.28. The van der Waals surface area contributed by atoms with E-state index >= 15 is 0 Å². The Hall–Kier alpha value is -2.68. The van der Waals surface area contributed by atoms with Crippen LogP contribution in [0.2, 0.25) is 0 Å². The van der Waals surface area contributed by atoms with Gasteiger partial charge in [-0.25, -0.2) is 9.78 Å². The van der Waals surface area contributed by atoms with Crippen molar-refractivity contribution in [3.63, 3.8) is 0 Å². The molecule has 9 heteroatoms. The zero-order valence-corrected chi connectivity index (χ0v) is 18.0. The predicted molar refractivity (Wildman–Crippen MR) is 111 cm³/mol. The molecule has 2 atom stereocenters. The van der Waals surface area contributed by atoms with Crippen LogP contribution in [0.15, 0.2) is 24.3 Å². The third-order valence-electron chi connectivity index (χ3n) is 4.09. The van der Waals surface area contributed by atoms with Crippen molar-refractivity contribution in [3.05, 3.63) is 29.3 Å². The minimum Gasteiger partial charge on any atom is -0.469 e. The van der Waals surface area contributed by atoms with E-state index in [0.717, 1.165) is 10.2 Å². The summed E-state index contributed by atoms with van der Waals surface area (Å²) < 4.78 is 10.8.